The fourth-order valence-corrected chi connectivity index (χ4v) is 3.69. The van der Waals surface area contributed by atoms with E-state index < -0.39 is 24.6 Å². The molecule has 0 saturated heterocycles. The van der Waals surface area contributed by atoms with Crippen LogP contribution in [0.25, 0.3) is 0 Å². The van der Waals surface area contributed by atoms with Gasteiger partial charge in [-0.05, 0) is 29.7 Å². The van der Waals surface area contributed by atoms with E-state index in [0.29, 0.717) is 18.7 Å². The number of hydrogen-bond donors (Lipinski definition) is 1. The second-order valence-corrected chi connectivity index (χ2v) is 7.63. The average Bonchev–Trinajstić information content (AvgIpc) is 2.89. The minimum absolute atomic E-state index is 0.131. The zero-order chi connectivity index (χ0) is 24.3. The van der Waals surface area contributed by atoms with Crippen molar-refractivity contribution in [2.45, 2.75) is 12.3 Å². The molecule has 176 valence electrons. The highest BCUT2D eigenvalue weighted by Gasteiger charge is 2.20. The number of nitrogens with zero attached hydrogens (tertiary/aromatic N) is 1. The van der Waals surface area contributed by atoms with Gasteiger partial charge in [-0.2, -0.15) is 0 Å². The minimum atomic E-state index is -0.701. The predicted molar refractivity (Wildman–Crippen MR) is 130 cm³/mol. The maximum absolute atomic E-state index is 12.6. The lowest BCUT2D eigenvalue weighted by Gasteiger charge is -2.19. The molecule has 0 aromatic heterocycles. The molecule has 3 aromatic rings. The van der Waals surface area contributed by atoms with Crippen LogP contribution in [0.4, 0.5) is 10.5 Å². The number of nitrogens with one attached hydrogen (secondary N) is 1. The largest absolute Gasteiger partial charge is 0.452 e. The molecule has 0 aliphatic heterocycles. The lowest BCUT2D eigenvalue weighted by atomic mass is 9.88. The lowest BCUT2D eigenvalue weighted by Crippen LogP contribution is -2.31. The highest BCUT2D eigenvalue weighted by molar-refractivity contribution is 6.01. The van der Waals surface area contributed by atoms with Crippen molar-refractivity contribution in [3.8, 4) is 0 Å². The van der Waals surface area contributed by atoms with E-state index in [1.165, 1.54) is 36.3 Å². The molecule has 0 saturated carbocycles. The third-order valence-corrected chi connectivity index (χ3v) is 5.43. The normalized spacial score (nSPS) is 10.4. The van der Waals surface area contributed by atoms with Crippen LogP contribution in [0.3, 0.4) is 0 Å². The third-order valence-electron chi connectivity index (χ3n) is 5.43. The van der Waals surface area contributed by atoms with E-state index in [1.807, 2.05) is 36.4 Å². The first-order valence-corrected chi connectivity index (χ1v) is 11.0. The molecule has 7 heteroatoms. The number of para-hydroxylation sites is 1. The van der Waals surface area contributed by atoms with E-state index in [4.69, 9.17) is 9.47 Å². The summed E-state index contributed by atoms with van der Waals surface area (Å²) in [5.74, 6) is -0.967. The lowest BCUT2D eigenvalue weighted by molar-refractivity contribution is -0.124. The summed E-state index contributed by atoms with van der Waals surface area (Å²) in [6, 6.07) is 26.7. The number of rotatable bonds is 9. The van der Waals surface area contributed by atoms with Crippen molar-refractivity contribution in [1.29, 1.82) is 0 Å². The molecule has 0 bridgehead atoms. The van der Waals surface area contributed by atoms with Crippen LogP contribution in [0.1, 0.15) is 33.8 Å². The highest BCUT2D eigenvalue weighted by Crippen LogP contribution is 2.27. The molecule has 3 rings (SSSR count). The summed E-state index contributed by atoms with van der Waals surface area (Å²) in [5.41, 5.74) is 2.83. The van der Waals surface area contributed by atoms with Gasteiger partial charge < -0.3 is 14.8 Å². The van der Waals surface area contributed by atoms with E-state index in [9.17, 15) is 14.4 Å². The number of carbonyl (C=O) groups is 3. The number of benzene rings is 3. The molecular weight excluding hydrogens is 432 g/mol. The number of hydrogen-bond acceptors (Lipinski definition) is 5. The Labute approximate surface area is 199 Å². The van der Waals surface area contributed by atoms with Crippen molar-refractivity contribution >= 4 is 23.7 Å². The Morgan fingerprint density at radius 1 is 0.853 bits per heavy atom. The molecule has 0 atom stereocenters. The van der Waals surface area contributed by atoms with Gasteiger partial charge in [0.05, 0.1) is 18.4 Å². The number of carbonyl (C=O) groups excluding carboxylic acids is 3. The number of methoxy groups -OCH3 is 1. The number of amides is 2. The van der Waals surface area contributed by atoms with E-state index in [2.05, 4.69) is 29.6 Å². The summed E-state index contributed by atoms with van der Waals surface area (Å²) in [6.45, 7) is 0.00293. The van der Waals surface area contributed by atoms with Crippen LogP contribution in [-0.4, -0.2) is 45.3 Å². The second-order valence-electron chi connectivity index (χ2n) is 7.63. The van der Waals surface area contributed by atoms with Crippen LogP contribution in [0.2, 0.25) is 0 Å². The molecule has 2 amide bonds. The standard InChI is InChI=1S/C27H28N2O5/c1-29(27(32)33-2)24-16-10-9-15-23(24)26(31)34-19-25(30)28-18-17-22(20-11-5-3-6-12-20)21-13-7-4-8-14-21/h3-16,22H,17-19H2,1-2H3,(H,28,30). The maximum atomic E-state index is 12.6. The van der Waals surface area contributed by atoms with E-state index in [-0.39, 0.29) is 11.5 Å². The average molecular weight is 461 g/mol. The topological polar surface area (TPSA) is 84.9 Å². The molecule has 1 N–H and O–H groups in total. The molecule has 7 nitrogen and oxygen atoms in total. The summed E-state index contributed by atoms with van der Waals surface area (Å²) in [7, 11) is 2.74. The summed E-state index contributed by atoms with van der Waals surface area (Å²) < 4.78 is 9.89. The van der Waals surface area contributed by atoms with Crippen LogP contribution in [0.5, 0.6) is 0 Å². The Morgan fingerprint density at radius 3 is 2.00 bits per heavy atom. The fraction of sp³-hybridized carbons (Fsp3) is 0.222. The number of esters is 1. The van der Waals surface area contributed by atoms with Gasteiger partial charge in [0.1, 0.15) is 0 Å². The van der Waals surface area contributed by atoms with Crippen LogP contribution in [-0.2, 0) is 14.3 Å². The molecule has 3 aromatic carbocycles. The quantitative estimate of drug-likeness (QED) is 0.479. The monoisotopic (exact) mass is 460 g/mol. The second kappa shape index (κ2) is 12.2. The molecule has 0 unspecified atom stereocenters. The molecule has 0 heterocycles. The van der Waals surface area contributed by atoms with E-state index in [1.54, 1.807) is 18.2 Å². The number of ether oxygens (including phenoxy) is 2. The SMILES string of the molecule is COC(=O)N(C)c1ccccc1C(=O)OCC(=O)NCCC(c1ccccc1)c1ccccc1. The van der Waals surface area contributed by atoms with Gasteiger partial charge in [-0.25, -0.2) is 9.59 Å². The van der Waals surface area contributed by atoms with Crippen LogP contribution in [0, 0.1) is 0 Å². The number of anilines is 1. The Balaban J connectivity index is 1.55. The molecule has 0 spiro atoms. The van der Waals surface area contributed by atoms with Crippen molar-refractivity contribution in [2.75, 3.05) is 32.2 Å². The van der Waals surface area contributed by atoms with Crippen molar-refractivity contribution < 1.29 is 23.9 Å². The Kier molecular flexibility index (Phi) is 8.80. The molecule has 34 heavy (non-hydrogen) atoms. The van der Waals surface area contributed by atoms with Gasteiger partial charge in [-0.15, -0.1) is 0 Å². The van der Waals surface area contributed by atoms with Gasteiger partial charge in [-0.3, -0.25) is 9.69 Å². The van der Waals surface area contributed by atoms with Crippen LogP contribution < -0.4 is 10.2 Å². The Hall–Kier alpha value is -4.13. The molecule has 0 fully saturated rings. The minimum Gasteiger partial charge on any atom is -0.452 e. The van der Waals surface area contributed by atoms with Crippen LogP contribution in [0.15, 0.2) is 84.9 Å². The third kappa shape index (κ3) is 6.45. The zero-order valence-corrected chi connectivity index (χ0v) is 19.3. The van der Waals surface area contributed by atoms with Gasteiger partial charge in [-0.1, -0.05) is 72.8 Å². The Bertz CT molecular complexity index is 1060. The zero-order valence-electron chi connectivity index (χ0n) is 19.3. The van der Waals surface area contributed by atoms with Crippen molar-refractivity contribution in [2.24, 2.45) is 0 Å². The van der Waals surface area contributed by atoms with E-state index in [0.717, 1.165) is 0 Å². The molecule has 0 radical (unpaired) electrons. The van der Waals surface area contributed by atoms with Crippen molar-refractivity contribution in [1.82, 2.24) is 5.32 Å². The van der Waals surface area contributed by atoms with Gasteiger partial charge >= 0.3 is 12.1 Å². The van der Waals surface area contributed by atoms with Crippen molar-refractivity contribution in [3.05, 3.63) is 102 Å². The van der Waals surface area contributed by atoms with E-state index >= 15 is 0 Å². The first kappa shape index (κ1) is 24.5. The summed E-state index contributed by atoms with van der Waals surface area (Å²) in [6.07, 6.45) is 0.0740. The fourth-order valence-electron chi connectivity index (χ4n) is 3.69. The van der Waals surface area contributed by atoms with Gasteiger partial charge in [0.25, 0.3) is 5.91 Å². The highest BCUT2D eigenvalue weighted by atomic mass is 16.5. The molecule has 0 aliphatic rings. The summed E-state index contributed by atoms with van der Waals surface area (Å²) in [5, 5.41) is 2.82. The molecular formula is C27H28N2O5. The van der Waals surface area contributed by atoms with Crippen LogP contribution >= 0.6 is 0 Å². The van der Waals surface area contributed by atoms with Gasteiger partial charge in [0.15, 0.2) is 6.61 Å². The maximum Gasteiger partial charge on any atom is 0.413 e. The Morgan fingerprint density at radius 2 is 1.41 bits per heavy atom. The van der Waals surface area contributed by atoms with Gasteiger partial charge in [0, 0.05) is 19.5 Å². The predicted octanol–water partition coefficient (Wildman–Crippen LogP) is 4.38. The first-order valence-electron chi connectivity index (χ1n) is 11.0. The van der Waals surface area contributed by atoms with Gasteiger partial charge in [0.2, 0.25) is 0 Å². The summed E-state index contributed by atoms with van der Waals surface area (Å²) in [4.78, 5) is 37.9. The molecule has 0 aliphatic carbocycles. The van der Waals surface area contributed by atoms with Crippen molar-refractivity contribution in [3.63, 3.8) is 0 Å². The summed E-state index contributed by atoms with van der Waals surface area (Å²) >= 11 is 0. The smallest absolute Gasteiger partial charge is 0.413 e. The first-order chi connectivity index (χ1) is 16.5.